The molecule has 5 atom stereocenters. The van der Waals surface area contributed by atoms with Gasteiger partial charge in [0.25, 0.3) is 0 Å². The average molecular weight is 716 g/mol. The molecule has 1 saturated heterocycles. The van der Waals surface area contributed by atoms with Gasteiger partial charge in [0.15, 0.2) is 6.26 Å². The highest BCUT2D eigenvalue weighted by Crippen LogP contribution is 2.27. The van der Waals surface area contributed by atoms with Crippen molar-refractivity contribution < 1.29 is 37.2 Å². The maximum atomic E-state index is 14.0. The predicted octanol–water partition coefficient (Wildman–Crippen LogP) is 3.49. The number of hydrogen-bond donors (Lipinski definition) is 5. The lowest BCUT2D eigenvalue weighted by molar-refractivity contribution is -0.142. The van der Waals surface area contributed by atoms with Gasteiger partial charge in [-0.05, 0) is 54.2 Å². The van der Waals surface area contributed by atoms with Crippen LogP contribution in [-0.4, -0.2) is 108 Å². The van der Waals surface area contributed by atoms with E-state index in [9.17, 15) is 32.5 Å². The van der Waals surface area contributed by atoms with Crippen LogP contribution in [0.3, 0.4) is 0 Å². The number of nitrogens with one attached hydrogen (secondary N) is 4. The molecule has 1 unspecified atom stereocenters. The quantitative estimate of drug-likeness (QED) is 0.175. The molecule has 278 valence electrons. The van der Waals surface area contributed by atoms with Gasteiger partial charge < -0.3 is 30.9 Å². The number of carbonyl (C=O) groups excluding carboxylic acids is 4. The largest absolute Gasteiger partial charge is 0.496 e. The SMILES string of the molecule is COc1ccc(CCNC(=O)[C@H](CC(F)F)NC(=O)[C@@H]2CCCN2C(=O)[C@@H](NC(=O)N[C@H](CN(C)[S+](C)O)C(C)(C)C)C(C)(C)C)cc1C. The zero-order chi connectivity index (χ0) is 37.3. The molecule has 2 rings (SSSR count). The van der Waals surface area contributed by atoms with Gasteiger partial charge in [-0.3, -0.25) is 14.4 Å². The molecule has 15 heteroatoms. The highest BCUT2D eigenvalue weighted by molar-refractivity contribution is 7.88. The maximum absolute atomic E-state index is 14.0. The normalized spacial score (nSPS) is 17.7. The van der Waals surface area contributed by atoms with E-state index in [1.165, 1.54) is 4.90 Å². The van der Waals surface area contributed by atoms with Gasteiger partial charge >= 0.3 is 6.03 Å². The van der Waals surface area contributed by atoms with E-state index in [4.69, 9.17) is 4.74 Å². The van der Waals surface area contributed by atoms with E-state index in [1.54, 1.807) is 45.5 Å². The summed E-state index contributed by atoms with van der Waals surface area (Å²) in [4.78, 5) is 55.1. The monoisotopic (exact) mass is 715 g/mol. The van der Waals surface area contributed by atoms with E-state index in [0.717, 1.165) is 16.9 Å². The Morgan fingerprint density at radius 1 is 1.08 bits per heavy atom. The van der Waals surface area contributed by atoms with Crippen molar-refractivity contribution in [3.63, 3.8) is 0 Å². The van der Waals surface area contributed by atoms with Gasteiger partial charge in [-0.1, -0.05) is 58.0 Å². The number of carbonyl (C=O) groups is 4. The number of aryl methyl sites for hydroxylation is 1. The summed E-state index contributed by atoms with van der Waals surface area (Å²) in [6.07, 6.45) is -0.875. The first-order chi connectivity index (χ1) is 22.6. The number of methoxy groups -OCH3 is 1. The smallest absolute Gasteiger partial charge is 0.315 e. The van der Waals surface area contributed by atoms with Crippen LogP contribution in [0.4, 0.5) is 13.6 Å². The summed E-state index contributed by atoms with van der Waals surface area (Å²) in [6.45, 7) is 13.9. The molecule has 0 bridgehead atoms. The van der Waals surface area contributed by atoms with E-state index < -0.39 is 71.5 Å². The standard InChI is InChI=1S/C34H56F2N6O6S/c1-21-18-22(13-14-25(21)48-9)15-16-37-29(43)23(19-27(35)36)38-30(44)24-12-11-17-42(24)31(45)28(34(5,6)7)40-32(46)39-26(33(2,3)4)20-41(8)49(10)47/h13-14,18,23-24,26-28,47H,11-12,15-17,19-20H2,1-10H3,(H3-,37,38,39,40,43,44,46)/p+1/t23-,24-,26+,28+,49?/m0/s1. The Morgan fingerprint density at radius 2 is 1.73 bits per heavy atom. The summed E-state index contributed by atoms with van der Waals surface area (Å²) < 4.78 is 44.1. The third-order valence-electron chi connectivity index (χ3n) is 8.69. The van der Waals surface area contributed by atoms with Crippen LogP contribution in [0.5, 0.6) is 5.75 Å². The predicted molar refractivity (Wildman–Crippen MR) is 188 cm³/mol. The first-order valence-corrected chi connectivity index (χ1v) is 18.1. The van der Waals surface area contributed by atoms with E-state index in [-0.39, 0.29) is 31.0 Å². The zero-order valence-electron chi connectivity index (χ0n) is 30.6. The number of amides is 5. The Balaban J connectivity index is 2.14. The molecule has 1 aromatic rings. The molecule has 12 nitrogen and oxygen atoms in total. The lowest BCUT2D eigenvalue weighted by atomic mass is 9.85. The molecule has 1 fully saturated rings. The second-order valence-corrected chi connectivity index (χ2v) is 16.3. The summed E-state index contributed by atoms with van der Waals surface area (Å²) >= 11 is -1.00. The lowest BCUT2D eigenvalue weighted by Crippen LogP contribution is -2.62. The Labute approximate surface area is 293 Å². The van der Waals surface area contributed by atoms with Crippen LogP contribution in [-0.2, 0) is 32.2 Å². The van der Waals surface area contributed by atoms with Crippen molar-refractivity contribution in [3.8, 4) is 5.75 Å². The molecule has 0 spiro atoms. The van der Waals surface area contributed by atoms with Gasteiger partial charge in [0.05, 0.1) is 19.7 Å². The molecule has 1 aliphatic rings. The van der Waals surface area contributed by atoms with E-state index in [1.807, 2.05) is 45.9 Å². The van der Waals surface area contributed by atoms with Crippen LogP contribution < -0.4 is 26.0 Å². The highest BCUT2D eigenvalue weighted by Gasteiger charge is 2.43. The van der Waals surface area contributed by atoms with Gasteiger partial charge in [-0.25, -0.2) is 13.6 Å². The fourth-order valence-electron chi connectivity index (χ4n) is 5.58. The fourth-order valence-corrected chi connectivity index (χ4v) is 5.94. The third-order valence-corrected chi connectivity index (χ3v) is 9.74. The maximum Gasteiger partial charge on any atom is 0.315 e. The van der Waals surface area contributed by atoms with Gasteiger partial charge in [-0.2, -0.15) is 4.55 Å². The van der Waals surface area contributed by atoms with E-state index in [0.29, 0.717) is 19.4 Å². The number of likely N-dealkylation sites (tertiary alicyclic amines) is 1. The fraction of sp³-hybridized carbons (Fsp3) is 0.706. The highest BCUT2D eigenvalue weighted by atomic mass is 32.2. The topological polar surface area (TPSA) is 152 Å². The summed E-state index contributed by atoms with van der Waals surface area (Å²) in [7, 11) is 3.32. The number of hydrogen-bond acceptors (Lipinski definition) is 7. The second kappa shape index (κ2) is 18.2. The molecule has 0 radical (unpaired) electrons. The minimum Gasteiger partial charge on any atom is -0.496 e. The minimum atomic E-state index is -2.85. The van der Waals surface area contributed by atoms with E-state index >= 15 is 0 Å². The van der Waals surface area contributed by atoms with Crippen LogP contribution in [0, 0.1) is 17.8 Å². The number of benzene rings is 1. The molecule has 0 saturated carbocycles. The number of rotatable bonds is 15. The van der Waals surface area contributed by atoms with Gasteiger partial charge in [-0.15, -0.1) is 0 Å². The Morgan fingerprint density at radius 3 is 2.27 bits per heavy atom. The zero-order valence-corrected chi connectivity index (χ0v) is 31.4. The second-order valence-electron chi connectivity index (χ2n) is 14.8. The van der Waals surface area contributed by atoms with Crippen LogP contribution in [0.25, 0.3) is 0 Å². The van der Waals surface area contributed by atoms with Crippen molar-refractivity contribution in [3.05, 3.63) is 29.3 Å². The molecule has 49 heavy (non-hydrogen) atoms. The first-order valence-electron chi connectivity index (χ1n) is 16.6. The summed E-state index contributed by atoms with van der Waals surface area (Å²) in [5.41, 5.74) is 0.711. The number of halogens is 2. The number of ether oxygens (including phenoxy) is 1. The molecule has 1 aliphatic heterocycles. The molecule has 5 amide bonds. The van der Waals surface area contributed by atoms with E-state index in [2.05, 4.69) is 21.3 Å². The Hall–Kier alpha value is -3.17. The van der Waals surface area contributed by atoms with Crippen LogP contribution in [0.15, 0.2) is 18.2 Å². The summed E-state index contributed by atoms with van der Waals surface area (Å²) in [5, 5.41) is 10.9. The van der Waals surface area contributed by atoms with Gasteiger partial charge in [0.1, 0.15) is 23.9 Å². The summed E-state index contributed by atoms with van der Waals surface area (Å²) in [6, 6.07) is 1.10. The van der Waals surface area contributed by atoms with Crippen LogP contribution in [0.2, 0.25) is 0 Å². The molecule has 1 aromatic carbocycles. The number of nitrogens with zero attached hydrogens (tertiary/aromatic N) is 2. The van der Waals surface area contributed by atoms with Crippen molar-refractivity contribution in [2.45, 2.75) is 105 Å². The lowest BCUT2D eigenvalue weighted by Gasteiger charge is -2.37. The van der Waals surface area contributed by atoms with Crippen molar-refractivity contribution in [1.29, 1.82) is 0 Å². The summed E-state index contributed by atoms with van der Waals surface area (Å²) in [5.74, 6) is -1.20. The third kappa shape index (κ3) is 12.9. The Kier molecular flexibility index (Phi) is 15.6. The molecule has 5 N–H and O–H groups in total. The van der Waals surface area contributed by atoms with Crippen LogP contribution >= 0.6 is 0 Å². The molecule has 0 aliphatic carbocycles. The van der Waals surface area contributed by atoms with Crippen molar-refractivity contribution in [2.75, 3.05) is 40.0 Å². The van der Waals surface area contributed by atoms with Crippen molar-refractivity contribution in [2.24, 2.45) is 10.8 Å². The first kappa shape index (κ1) is 42.0. The average Bonchev–Trinajstić information content (AvgIpc) is 3.48. The number of alkyl halides is 2. The van der Waals surface area contributed by atoms with Crippen molar-refractivity contribution >= 4 is 35.1 Å². The molecule has 1 heterocycles. The van der Waals surface area contributed by atoms with Crippen molar-refractivity contribution in [1.82, 2.24) is 30.5 Å². The van der Waals surface area contributed by atoms with Crippen LogP contribution in [0.1, 0.15) is 71.9 Å². The number of urea groups is 1. The molecular formula is C34H57F2N6O6S+. The Bertz CT molecular complexity index is 1290. The molecule has 0 aromatic heterocycles. The minimum absolute atomic E-state index is 0.168. The van der Waals surface area contributed by atoms with Gasteiger partial charge in [0, 0.05) is 26.6 Å². The van der Waals surface area contributed by atoms with Gasteiger partial charge in [0.2, 0.25) is 35.5 Å². The number of likely N-dealkylation sites (N-methyl/N-ethyl adjacent to an activating group) is 1. The molecular weight excluding hydrogens is 658 g/mol.